The minimum absolute atomic E-state index is 0.164. The van der Waals surface area contributed by atoms with Gasteiger partial charge in [0.2, 0.25) is 0 Å². The second-order valence-electron chi connectivity index (χ2n) is 6.62. The van der Waals surface area contributed by atoms with Crippen LogP contribution in [0, 0.1) is 5.41 Å². The lowest BCUT2D eigenvalue weighted by atomic mass is 9.90. The molecule has 0 saturated heterocycles. The van der Waals surface area contributed by atoms with E-state index in [1.54, 1.807) is 0 Å². The lowest BCUT2D eigenvalue weighted by Crippen LogP contribution is -2.27. The lowest BCUT2D eigenvalue weighted by molar-refractivity contribution is -0.0164. The molecule has 2 nitrogen and oxygen atoms in total. The molecule has 0 aromatic heterocycles. The number of rotatable bonds is 6. The number of hydrogen-bond donors (Lipinski definition) is 0. The van der Waals surface area contributed by atoms with Gasteiger partial charge in [0.05, 0.1) is 12.7 Å². The smallest absolute Gasteiger partial charge is 0.119 e. The van der Waals surface area contributed by atoms with Crippen LogP contribution in [0.15, 0.2) is 54.6 Å². The average Bonchev–Trinajstić information content (AvgIpc) is 2.52. The molecule has 0 radical (unpaired) electrons. The maximum Gasteiger partial charge on any atom is 0.119 e. The van der Waals surface area contributed by atoms with E-state index in [0.29, 0.717) is 13.2 Å². The first-order valence-electron chi connectivity index (χ1n) is 7.87. The highest BCUT2D eigenvalue weighted by atomic mass is 16.5. The summed E-state index contributed by atoms with van der Waals surface area (Å²) in [7, 11) is 0. The molecule has 0 fully saturated rings. The summed E-state index contributed by atoms with van der Waals surface area (Å²) < 4.78 is 11.5. The van der Waals surface area contributed by atoms with Crippen LogP contribution in [0.25, 0.3) is 11.1 Å². The molecule has 2 aromatic carbocycles. The Morgan fingerprint density at radius 3 is 2.00 bits per heavy atom. The summed E-state index contributed by atoms with van der Waals surface area (Å²) in [4.78, 5) is 0. The van der Waals surface area contributed by atoms with Crippen molar-refractivity contribution in [1.29, 1.82) is 0 Å². The van der Waals surface area contributed by atoms with Gasteiger partial charge in [0.25, 0.3) is 0 Å². The lowest BCUT2D eigenvalue weighted by Gasteiger charge is -2.27. The van der Waals surface area contributed by atoms with Crippen LogP contribution in [0.4, 0.5) is 0 Å². The fraction of sp³-hybridized carbons (Fsp3) is 0.400. The zero-order valence-electron chi connectivity index (χ0n) is 14.0. The third-order valence-corrected chi connectivity index (χ3v) is 3.90. The molecule has 1 atom stereocenters. The molecule has 2 heteroatoms. The van der Waals surface area contributed by atoms with E-state index < -0.39 is 0 Å². The van der Waals surface area contributed by atoms with Gasteiger partial charge in [-0.05, 0) is 35.6 Å². The van der Waals surface area contributed by atoms with Gasteiger partial charge in [-0.2, -0.15) is 0 Å². The van der Waals surface area contributed by atoms with Crippen molar-refractivity contribution in [3.05, 3.63) is 54.6 Å². The van der Waals surface area contributed by atoms with Crippen molar-refractivity contribution >= 4 is 0 Å². The maximum atomic E-state index is 5.80. The van der Waals surface area contributed by atoms with Gasteiger partial charge in [0.1, 0.15) is 12.4 Å². The zero-order chi connectivity index (χ0) is 16.0. The standard InChI is InChI=1S/C20H26O2/c1-16(20(2,3)4)21-14-15-22-19-12-10-18(11-13-19)17-8-6-5-7-9-17/h5-13,16H,14-15H2,1-4H3. The van der Waals surface area contributed by atoms with Crippen molar-refractivity contribution in [3.8, 4) is 16.9 Å². The monoisotopic (exact) mass is 298 g/mol. The van der Waals surface area contributed by atoms with E-state index in [1.807, 2.05) is 30.3 Å². The van der Waals surface area contributed by atoms with E-state index in [9.17, 15) is 0 Å². The van der Waals surface area contributed by atoms with Crippen molar-refractivity contribution in [3.63, 3.8) is 0 Å². The highest BCUT2D eigenvalue weighted by molar-refractivity contribution is 5.63. The normalized spacial score (nSPS) is 12.9. The van der Waals surface area contributed by atoms with E-state index in [0.717, 1.165) is 5.75 Å². The van der Waals surface area contributed by atoms with Gasteiger partial charge in [-0.1, -0.05) is 63.2 Å². The predicted octanol–water partition coefficient (Wildman–Crippen LogP) is 5.18. The number of hydrogen-bond acceptors (Lipinski definition) is 2. The summed E-state index contributed by atoms with van der Waals surface area (Å²) >= 11 is 0. The Balaban J connectivity index is 1.80. The molecule has 2 aromatic rings. The van der Waals surface area contributed by atoms with E-state index in [-0.39, 0.29) is 11.5 Å². The molecular formula is C20H26O2. The van der Waals surface area contributed by atoms with Crippen molar-refractivity contribution in [2.75, 3.05) is 13.2 Å². The molecule has 0 N–H and O–H groups in total. The molecule has 0 aliphatic rings. The van der Waals surface area contributed by atoms with Crippen molar-refractivity contribution in [2.45, 2.75) is 33.8 Å². The summed E-state index contributed by atoms with van der Waals surface area (Å²) in [6, 6.07) is 18.5. The van der Waals surface area contributed by atoms with E-state index >= 15 is 0 Å². The van der Waals surface area contributed by atoms with Crippen LogP contribution in [0.5, 0.6) is 5.75 Å². The number of benzene rings is 2. The molecule has 22 heavy (non-hydrogen) atoms. The Bertz CT molecular complexity index is 553. The second-order valence-corrected chi connectivity index (χ2v) is 6.62. The highest BCUT2D eigenvalue weighted by Crippen LogP contribution is 2.23. The maximum absolute atomic E-state index is 5.80. The van der Waals surface area contributed by atoms with Crippen LogP contribution in [0.1, 0.15) is 27.7 Å². The van der Waals surface area contributed by atoms with Gasteiger partial charge < -0.3 is 9.47 Å². The molecule has 0 spiro atoms. The predicted molar refractivity (Wildman–Crippen MR) is 92.2 cm³/mol. The third kappa shape index (κ3) is 4.88. The average molecular weight is 298 g/mol. The Labute approximate surface area is 134 Å². The van der Waals surface area contributed by atoms with Gasteiger partial charge in [0.15, 0.2) is 0 Å². The molecule has 0 amide bonds. The Morgan fingerprint density at radius 2 is 1.41 bits per heavy atom. The third-order valence-electron chi connectivity index (χ3n) is 3.90. The Hall–Kier alpha value is -1.80. The largest absolute Gasteiger partial charge is 0.491 e. The quantitative estimate of drug-likeness (QED) is 0.684. The first kappa shape index (κ1) is 16.6. The summed E-state index contributed by atoms with van der Waals surface area (Å²) in [5, 5.41) is 0. The zero-order valence-corrected chi connectivity index (χ0v) is 14.0. The molecule has 0 aliphatic carbocycles. The van der Waals surface area contributed by atoms with Crippen LogP contribution in [-0.4, -0.2) is 19.3 Å². The van der Waals surface area contributed by atoms with Crippen LogP contribution in [0.3, 0.4) is 0 Å². The van der Waals surface area contributed by atoms with Crippen LogP contribution in [0.2, 0.25) is 0 Å². The Kier molecular flexibility index (Phi) is 5.62. The number of ether oxygens (including phenoxy) is 2. The van der Waals surface area contributed by atoms with Crippen molar-refractivity contribution in [2.24, 2.45) is 5.41 Å². The SMILES string of the molecule is CC(OCCOc1ccc(-c2ccccc2)cc1)C(C)(C)C. The van der Waals surface area contributed by atoms with E-state index in [1.165, 1.54) is 11.1 Å². The van der Waals surface area contributed by atoms with E-state index in [2.05, 4.69) is 52.0 Å². The van der Waals surface area contributed by atoms with Crippen molar-refractivity contribution in [1.82, 2.24) is 0 Å². The fourth-order valence-corrected chi connectivity index (χ4v) is 2.01. The van der Waals surface area contributed by atoms with E-state index in [4.69, 9.17) is 9.47 Å². The molecule has 0 aliphatic heterocycles. The van der Waals surface area contributed by atoms with Gasteiger partial charge in [0, 0.05) is 0 Å². The summed E-state index contributed by atoms with van der Waals surface area (Å²) in [5.74, 6) is 0.881. The summed E-state index contributed by atoms with van der Waals surface area (Å²) in [5.41, 5.74) is 2.58. The summed E-state index contributed by atoms with van der Waals surface area (Å²) in [6.07, 6.45) is 0.219. The topological polar surface area (TPSA) is 18.5 Å². The van der Waals surface area contributed by atoms with Crippen molar-refractivity contribution < 1.29 is 9.47 Å². The minimum Gasteiger partial charge on any atom is -0.491 e. The Morgan fingerprint density at radius 1 is 0.818 bits per heavy atom. The van der Waals surface area contributed by atoms with Gasteiger partial charge >= 0.3 is 0 Å². The first-order valence-corrected chi connectivity index (χ1v) is 7.87. The molecule has 2 rings (SSSR count). The molecule has 1 unspecified atom stereocenters. The fourth-order valence-electron chi connectivity index (χ4n) is 2.01. The summed E-state index contributed by atoms with van der Waals surface area (Å²) in [6.45, 7) is 9.83. The molecule has 0 saturated carbocycles. The van der Waals surface area contributed by atoms with Gasteiger partial charge in [-0.25, -0.2) is 0 Å². The second kappa shape index (κ2) is 7.46. The van der Waals surface area contributed by atoms with Crippen LogP contribution < -0.4 is 4.74 Å². The van der Waals surface area contributed by atoms with Gasteiger partial charge in [-0.15, -0.1) is 0 Å². The minimum atomic E-state index is 0.164. The van der Waals surface area contributed by atoms with Gasteiger partial charge in [-0.3, -0.25) is 0 Å². The molecule has 0 heterocycles. The molecular weight excluding hydrogens is 272 g/mol. The van der Waals surface area contributed by atoms with Crippen LogP contribution in [-0.2, 0) is 4.74 Å². The molecule has 118 valence electrons. The van der Waals surface area contributed by atoms with Crippen LogP contribution >= 0.6 is 0 Å². The molecule has 0 bridgehead atoms. The highest BCUT2D eigenvalue weighted by Gasteiger charge is 2.20. The first-order chi connectivity index (χ1) is 10.5.